The summed E-state index contributed by atoms with van der Waals surface area (Å²) < 4.78 is 13.0. The van der Waals surface area contributed by atoms with Gasteiger partial charge in [0.2, 0.25) is 5.91 Å². The van der Waals surface area contributed by atoms with E-state index in [1.807, 2.05) is 25.1 Å². The average molecular weight is 361 g/mol. The number of thioether (sulfide) groups is 1. The first kappa shape index (κ1) is 19.0. The second kappa shape index (κ2) is 9.22. The number of rotatable bonds is 8. The minimum atomic E-state index is -1.03. The fourth-order valence-electron chi connectivity index (χ4n) is 2.42. The summed E-state index contributed by atoms with van der Waals surface area (Å²) in [6.07, 6.45) is -0.250. The number of nitrogens with one attached hydrogen (secondary N) is 1. The van der Waals surface area contributed by atoms with Crippen molar-refractivity contribution < 1.29 is 19.1 Å². The molecule has 0 radical (unpaired) electrons. The Kier molecular flexibility index (Phi) is 7.01. The van der Waals surface area contributed by atoms with Crippen LogP contribution in [-0.2, 0) is 15.3 Å². The number of amides is 1. The Labute approximate surface area is 150 Å². The molecule has 0 aromatic heterocycles. The zero-order valence-electron chi connectivity index (χ0n) is 13.9. The molecule has 0 bridgehead atoms. The van der Waals surface area contributed by atoms with E-state index in [1.165, 1.54) is 41.6 Å². The molecule has 2 aromatic rings. The average Bonchev–Trinajstić information content (AvgIpc) is 2.54. The summed E-state index contributed by atoms with van der Waals surface area (Å²) in [6.45, 7) is 2.01. The summed E-state index contributed by atoms with van der Waals surface area (Å²) in [5.74, 6) is -0.742. The summed E-state index contributed by atoms with van der Waals surface area (Å²) in [5, 5.41) is 11.8. The van der Waals surface area contributed by atoms with Gasteiger partial charge in [-0.15, -0.1) is 11.8 Å². The molecule has 132 valence electrons. The highest BCUT2D eigenvalue weighted by molar-refractivity contribution is 7.99. The van der Waals surface area contributed by atoms with E-state index in [-0.39, 0.29) is 18.1 Å². The van der Waals surface area contributed by atoms with Gasteiger partial charge < -0.3 is 10.4 Å². The molecule has 6 heteroatoms. The lowest BCUT2D eigenvalue weighted by Gasteiger charge is -2.17. The molecule has 0 aliphatic carbocycles. The number of carbonyl (C=O) groups excluding carboxylic acids is 1. The van der Waals surface area contributed by atoms with E-state index in [2.05, 4.69) is 11.4 Å². The number of carboxylic acids is 1. The SMILES string of the molecule is Cc1cccc(CSCC(=O)NC(CC(=O)O)c2ccc(F)cc2)c1. The van der Waals surface area contributed by atoms with Crippen LogP contribution in [0.1, 0.15) is 29.2 Å². The lowest BCUT2D eigenvalue weighted by Crippen LogP contribution is -2.31. The maximum atomic E-state index is 13.0. The molecule has 0 saturated heterocycles. The normalized spacial score (nSPS) is 11.8. The topological polar surface area (TPSA) is 66.4 Å². The van der Waals surface area contributed by atoms with Crippen LogP contribution in [-0.4, -0.2) is 22.7 Å². The molecule has 0 heterocycles. The number of hydrogen-bond acceptors (Lipinski definition) is 3. The quantitative estimate of drug-likeness (QED) is 0.752. The Morgan fingerprint density at radius 1 is 1.20 bits per heavy atom. The highest BCUT2D eigenvalue weighted by Crippen LogP contribution is 2.19. The van der Waals surface area contributed by atoms with Gasteiger partial charge in [0.1, 0.15) is 5.82 Å². The number of hydrogen-bond donors (Lipinski definition) is 2. The standard InChI is InChI=1S/C19H20FNO3S/c1-13-3-2-4-14(9-13)11-25-12-18(22)21-17(10-19(23)24)15-5-7-16(20)8-6-15/h2-9,17H,10-12H2,1H3,(H,21,22)(H,23,24). The van der Waals surface area contributed by atoms with E-state index >= 15 is 0 Å². The minimum Gasteiger partial charge on any atom is -0.481 e. The third kappa shape index (κ3) is 6.58. The number of halogens is 1. The molecular formula is C19H20FNO3S. The molecule has 1 atom stereocenters. The zero-order chi connectivity index (χ0) is 18.2. The molecule has 0 aliphatic rings. The molecule has 0 aliphatic heterocycles. The van der Waals surface area contributed by atoms with Crippen molar-refractivity contribution in [2.24, 2.45) is 0 Å². The second-order valence-corrected chi connectivity index (χ2v) is 6.74. The van der Waals surface area contributed by atoms with Crippen molar-refractivity contribution in [1.29, 1.82) is 0 Å². The number of carboxylic acid groups (broad SMARTS) is 1. The van der Waals surface area contributed by atoms with Crippen molar-refractivity contribution in [2.75, 3.05) is 5.75 Å². The van der Waals surface area contributed by atoms with E-state index in [0.29, 0.717) is 11.3 Å². The second-order valence-electron chi connectivity index (χ2n) is 5.75. The molecule has 2 aromatic carbocycles. The van der Waals surface area contributed by atoms with Gasteiger partial charge in [-0.3, -0.25) is 9.59 Å². The maximum absolute atomic E-state index is 13.0. The smallest absolute Gasteiger partial charge is 0.305 e. The zero-order valence-corrected chi connectivity index (χ0v) is 14.7. The van der Waals surface area contributed by atoms with Crippen molar-refractivity contribution in [3.8, 4) is 0 Å². The first-order chi connectivity index (χ1) is 11.9. The molecule has 0 spiro atoms. The third-order valence-electron chi connectivity index (χ3n) is 3.57. The van der Waals surface area contributed by atoms with E-state index in [9.17, 15) is 14.0 Å². The van der Waals surface area contributed by atoms with Crippen molar-refractivity contribution in [2.45, 2.75) is 25.1 Å². The maximum Gasteiger partial charge on any atom is 0.305 e. The van der Waals surface area contributed by atoms with Gasteiger partial charge in [0.05, 0.1) is 18.2 Å². The lowest BCUT2D eigenvalue weighted by molar-refractivity contribution is -0.137. The van der Waals surface area contributed by atoms with Gasteiger partial charge in [-0.25, -0.2) is 4.39 Å². The van der Waals surface area contributed by atoms with Gasteiger partial charge in [-0.2, -0.15) is 0 Å². The Morgan fingerprint density at radius 3 is 2.56 bits per heavy atom. The van der Waals surface area contributed by atoms with Crippen molar-refractivity contribution in [1.82, 2.24) is 5.32 Å². The highest BCUT2D eigenvalue weighted by Gasteiger charge is 2.18. The van der Waals surface area contributed by atoms with Crippen LogP contribution in [0.4, 0.5) is 4.39 Å². The molecule has 1 unspecified atom stereocenters. The first-order valence-corrected chi connectivity index (χ1v) is 8.99. The number of aryl methyl sites for hydroxylation is 1. The number of carbonyl (C=O) groups is 2. The summed E-state index contributed by atoms with van der Waals surface area (Å²) in [4.78, 5) is 23.2. The number of aliphatic carboxylic acids is 1. The van der Waals surface area contributed by atoms with Gasteiger partial charge in [-0.05, 0) is 30.2 Å². The Bertz CT molecular complexity index is 734. The predicted octanol–water partition coefficient (Wildman–Crippen LogP) is 3.70. The Morgan fingerprint density at radius 2 is 1.92 bits per heavy atom. The van der Waals surface area contributed by atoms with Gasteiger partial charge in [0.25, 0.3) is 0 Å². The van der Waals surface area contributed by atoms with Crippen LogP contribution in [0.25, 0.3) is 0 Å². The van der Waals surface area contributed by atoms with Crippen LogP contribution in [0, 0.1) is 12.7 Å². The van der Waals surface area contributed by atoms with E-state index in [0.717, 1.165) is 5.56 Å². The molecule has 1 amide bonds. The van der Waals surface area contributed by atoms with Crippen LogP contribution in [0.5, 0.6) is 0 Å². The third-order valence-corrected chi connectivity index (χ3v) is 4.57. The Hall–Kier alpha value is -2.34. The predicted molar refractivity (Wildman–Crippen MR) is 96.9 cm³/mol. The Balaban J connectivity index is 1.90. The fourth-order valence-corrected chi connectivity index (χ4v) is 3.21. The van der Waals surface area contributed by atoms with E-state index in [4.69, 9.17) is 5.11 Å². The van der Waals surface area contributed by atoms with Crippen molar-refractivity contribution in [3.63, 3.8) is 0 Å². The van der Waals surface area contributed by atoms with Crippen molar-refractivity contribution >= 4 is 23.6 Å². The van der Waals surface area contributed by atoms with Gasteiger partial charge in [0.15, 0.2) is 0 Å². The van der Waals surface area contributed by atoms with Gasteiger partial charge in [-0.1, -0.05) is 42.0 Å². The van der Waals surface area contributed by atoms with E-state index < -0.39 is 17.8 Å². The van der Waals surface area contributed by atoms with Crippen LogP contribution in [0.3, 0.4) is 0 Å². The molecule has 25 heavy (non-hydrogen) atoms. The monoisotopic (exact) mass is 361 g/mol. The van der Waals surface area contributed by atoms with Crippen LogP contribution in [0.2, 0.25) is 0 Å². The summed E-state index contributed by atoms with van der Waals surface area (Å²) in [5.41, 5.74) is 2.87. The summed E-state index contributed by atoms with van der Waals surface area (Å²) in [6, 6.07) is 12.9. The molecular weight excluding hydrogens is 341 g/mol. The highest BCUT2D eigenvalue weighted by atomic mass is 32.2. The molecule has 0 saturated carbocycles. The van der Waals surface area contributed by atoms with Crippen molar-refractivity contribution in [3.05, 3.63) is 71.0 Å². The van der Waals surface area contributed by atoms with E-state index in [1.54, 1.807) is 0 Å². The molecule has 2 N–H and O–H groups in total. The van der Waals surface area contributed by atoms with Gasteiger partial charge in [0, 0.05) is 5.75 Å². The largest absolute Gasteiger partial charge is 0.481 e. The number of benzene rings is 2. The molecule has 2 rings (SSSR count). The minimum absolute atomic E-state index is 0.227. The lowest BCUT2D eigenvalue weighted by atomic mass is 10.0. The summed E-state index contributed by atoms with van der Waals surface area (Å²) in [7, 11) is 0. The van der Waals surface area contributed by atoms with Crippen LogP contribution >= 0.6 is 11.8 Å². The molecule has 4 nitrogen and oxygen atoms in total. The van der Waals surface area contributed by atoms with Gasteiger partial charge >= 0.3 is 5.97 Å². The van der Waals surface area contributed by atoms with Crippen LogP contribution < -0.4 is 5.32 Å². The fraction of sp³-hybridized carbons (Fsp3) is 0.263. The first-order valence-electron chi connectivity index (χ1n) is 7.84. The summed E-state index contributed by atoms with van der Waals surface area (Å²) >= 11 is 1.46. The molecule has 0 fully saturated rings. The van der Waals surface area contributed by atoms with Crippen LogP contribution in [0.15, 0.2) is 48.5 Å².